The summed E-state index contributed by atoms with van der Waals surface area (Å²) in [7, 11) is 4.76. The molecule has 2 atom stereocenters. The zero-order valence-corrected chi connectivity index (χ0v) is 27.2. The maximum Gasteiger partial charge on any atom is 0.302 e. The molecule has 7 nitrogen and oxygen atoms in total. The minimum absolute atomic E-state index is 0.245. The van der Waals surface area contributed by atoms with Gasteiger partial charge in [0.2, 0.25) is 11.8 Å². The van der Waals surface area contributed by atoms with E-state index in [1.165, 1.54) is 46.8 Å². The summed E-state index contributed by atoms with van der Waals surface area (Å²) in [4.78, 5) is 33.4. The van der Waals surface area contributed by atoms with E-state index in [9.17, 15) is 14.4 Å². The van der Waals surface area contributed by atoms with Gasteiger partial charge in [0.1, 0.15) is 6.10 Å². The number of likely N-dealkylation sites (tertiary alicyclic amines) is 1. The van der Waals surface area contributed by atoms with Gasteiger partial charge in [-0.2, -0.15) is 0 Å². The molecule has 0 aliphatic carbocycles. The monoisotopic (exact) mass is 566 g/mol. The van der Waals surface area contributed by atoms with Gasteiger partial charge in [0.15, 0.2) is 0 Å². The summed E-state index contributed by atoms with van der Waals surface area (Å²) in [5, 5.41) is 0. The molecule has 0 aromatic carbocycles. The first-order chi connectivity index (χ1) is 19.0. The van der Waals surface area contributed by atoms with Gasteiger partial charge in [-0.25, -0.2) is 0 Å². The molecule has 1 fully saturated rings. The third kappa shape index (κ3) is 45.1. The van der Waals surface area contributed by atoms with Gasteiger partial charge in [0.25, 0.3) is 0 Å². The highest BCUT2D eigenvalue weighted by Gasteiger charge is 2.12. The summed E-state index contributed by atoms with van der Waals surface area (Å²) in [5.41, 5.74) is 5.15. The van der Waals surface area contributed by atoms with Crippen molar-refractivity contribution in [2.75, 3.05) is 27.8 Å². The van der Waals surface area contributed by atoms with Gasteiger partial charge >= 0.3 is 5.97 Å². The van der Waals surface area contributed by atoms with Crippen LogP contribution in [0.5, 0.6) is 0 Å². The number of nitrogens with two attached hydrogens (primary N) is 1. The SMILES string of the molecule is C#C.C/C=C\C.C=CCC.CCC(C)/C=C/CCCC(OC)C(N)=O.CN1CCCCCCC1=O.COC(C)=O. The number of carbonyl (C=O) groups excluding carboxylic acids is 3. The third-order valence-corrected chi connectivity index (χ3v) is 5.52. The van der Waals surface area contributed by atoms with Crippen molar-refractivity contribution in [3.8, 4) is 12.8 Å². The van der Waals surface area contributed by atoms with E-state index in [0.717, 1.165) is 38.6 Å². The minimum atomic E-state index is -0.429. The second-order valence-corrected chi connectivity index (χ2v) is 8.91. The number of primary amides is 1. The summed E-state index contributed by atoms with van der Waals surface area (Å²) in [5.74, 6) is 0.340. The number of hydrogen-bond acceptors (Lipinski definition) is 5. The van der Waals surface area contributed by atoms with E-state index in [1.54, 1.807) is 0 Å². The molecule has 0 aromatic heterocycles. The largest absolute Gasteiger partial charge is 0.469 e. The molecule has 7 heteroatoms. The number of carbonyl (C=O) groups is 3. The normalized spacial score (nSPS) is 13.8. The van der Waals surface area contributed by atoms with Gasteiger partial charge in [-0.1, -0.05) is 70.4 Å². The first-order valence-electron chi connectivity index (χ1n) is 14.3. The number of hydrogen-bond donors (Lipinski definition) is 1. The molecule has 1 aliphatic heterocycles. The van der Waals surface area contributed by atoms with Crippen LogP contribution in [0.25, 0.3) is 0 Å². The van der Waals surface area contributed by atoms with Gasteiger partial charge in [0.05, 0.1) is 7.11 Å². The molecule has 1 aliphatic rings. The average Bonchev–Trinajstić information content (AvgIpc) is 2.97. The standard InChI is InChI=1S/C12H23NO2.C8H15NO.2C4H8.C3H6O2.C2H2/c1-4-10(2)8-6-5-7-9-11(15-3)12(13)14;1-9-7-5-3-2-4-6-8(9)10;2*1-3-4-2;1-3(4)5-2;1-2/h6,8,10-11H,4-5,7,9H2,1-3H3,(H2,13,14);2-7H2,1H3;3-4H,1-2H3;3H,1,4H2,2H3;1-2H3;1-2H/b8-6+;;4-3-;;;. The molecule has 234 valence electrons. The molecule has 2 amide bonds. The van der Waals surface area contributed by atoms with E-state index in [2.05, 4.69) is 57.1 Å². The summed E-state index contributed by atoms with van der Waals surface area (Å²) in [6.45, 7) is 16.2. The lowest BCUT2D eigenvalue weighted by molar-refractivity contribution is -0.138. The Balaban J connectivity index is -0.000000140. The number of methoxy groups -OCH3 is 2. The van der Waals surface area contributed by atoms with Crippen molar-refractivity contribution in [2.45, 2.75) is 112 Å². The summed E-state index contributed by atoms with van der Waals surface area (Å²) >= 11 is 0. The van der Waals surface area contributed by atoms with Crippen LogP contribution in [-0.2, 0) is 23.9 Å². The number of rotatable bonds is 9. The van der Waals surface area contributed by atoms with Gasteiger partial charge < -0.3 is 20.1 Å². The first-order valence-corrected chi connectivity index (χ1v) is 14.3. The lowest BCUT2D eigenvalue weighted by atomic mass is 10.1. The van der Waals surface area contributed by atoms with Crippen molar-refractivity contribution < 1.29 is 23.9 Å². The van der Waals surface area contributed by atoms with Crippen molar-refractivity contribution in [1.29, 1.82) is 0 Å². The molecule has 2 N–H and O–H groups in total. The lowest BCUT2D eigenvalue weighted by Crippen LogP contribution is -2.29. The highest BCUT2D eigenvalue weighted by molar-refractivity contribution is 5.78. The maximum absolute atomic E-state index is 11.1. The second kappa shape index (κ2) is 40.6. The van der Waals surface area contributed by atoms with Crippen LogP contribution in [0.1, 0.15) is 106 Å². The van der Waals surface area contributed by atoms with Crippen LogP contribution in [0.15, 0.2) is 37.0 Å². The highest BCUT2D eigenvalue weighted by atomic mass is 16.5. The van der Waals surface area contributed by atoms with Crippen LogP contribution in [-0.4, -0.2) is 56.6 Å². The predicted octanol–water partition coefficient (Wildman–Crippen LogP) is 7.26. The van der Waals surface area contributed by atoms with Gasteiger partial charge in [-0.3, -0.25) is 14.4 Å². The summed E-state index contributed by atoms with van der Waals surface area (Å²) < 4.78 is 9.07. The Hall–Kier alpha value is -2.85. The fourth-order valence-electron chi connectivity index (χ4n) is 2.56. The van der Waals surface area contributed by atoms with E-state index in [0.29, 0.717) is 18.2 Å². The van der Waals surface area contributed by atoms with Crippen LogP contribution >= 0.6 is 0 Å². The second-order valence-electron chi connectivity index (χ2n) is 8.91. The molecular weight excluding hydrogens is 504 g/mol. The van der Waals surface area contributed by atoms with E-state index < -0.39 is 6.10 Å². The van der Waals surface area contributed by atoms with E-state index in [4.69, 9.17) is 10.5 Å². The van der Waals surface area contributed by atoms with E-state index in [-0.39, 0.29) is 11.9 Å². The number of nitrogens with zero attached hydrogens (tertiary/aromatic N) is 1. The maximum atomic E-state index is 11.1. The number of esters is 1. The first kappa shape index (κ1) is 47.0. The predicted molar refractivity (Wildman–Crippen MR) is 172 cm³/mol. The van der Waals surface area contributed by atoms with Crippen molar-refractivity contribution in [3.63, 3.8) is 0 Å². The highest BCUT2D eigenvalue weighted by Crippen LogP contribution is 2.09. The minimum Gasteiger partial charge on any atom is -0.469 e. The van der Waals surface area contributed by atoms with Crippen LogP contribution < -0.4 is 5.73 Å². The number of unbranched alkanes of at least 4 members (excludes halogenated alkanes) is 1. The van der Waals surface area contributed by atoms with Gasteiger partial charge in [-0.05, 0) is 58.3 Å². The Morgan fingerprint density at radius 1 is 1.10 bits per heavy atom. The molecule has 0 radical (unpaired) electrons. The molecule has 0 aromatic rings. The molecule has 40 heavy (non-hydrogen) atoms. The third-order valence-electron chi connectivity index (χ3n) is 5.52. The Bertz CT molecular complexity index is 652. The molecule has 0 saturated carbocycles. The number of allylic oxidation sites excluding steroid dienone is 5. The smallest absolute Gasteiger partial charge is 0.302 e. The Kier molecular flexibility index (Phi) is 47.7. The van der Waals surface area contributed by atoms with Gasteiger partial charge in [0, 0.05) is 34.0 Å². The Morgan fingerprint density at radius 2 is 1.60 bits per heavy atom. The number of terminal acetylenes is 1. The Labute approximate surface area is 247 Å². The van der Waals surface area contributed by atoms with Crippen LogP contribution in [0.4, 0.5) is 0 Å². The van der Waals surface area contributed by atoms with Crippen molar-refractivity contribution in [2.24, 2.45) is 11.7 Å². The Morgan fingerprint density at radius 3 is 1.98 bits per heavy atom. The molecule has 1 rings (SSSR count). The van der Waals surface area contributed by atoms with E-state index in [1.807, 2.05) is 44.0 Å². The fraction of sp³-hybridized carbons (Fsp3) is 0.667. The molecule has 1 saturated heterocycles. The fourth-order valence-corrected chi connectivity index (χ4v) is 2.56. The summed E-state index contributed by atoms with van der Waals surface area (Å²) in [6.07, 6.45) is 28.3. The summed E-state index contributed by atoms with van der Waals surface area (Å²) in [6, 6.07) is 0. The molecule has 2 unspecified atom stereocenters. The molecule has 0 bridgehead atoms. The molecular formula is C33H62N2O5. The van der Waals surface area contributed by atoms with Crippen LogP contribution in [0.2, 0.25) is 0 Å². The zero-order valence-electron chi connectivity index (χ0n) is 27.2. The topological polar surface area (TPSA) is 98.9 Å². The van der Waals surface area contributed by atoms with Crippen molar-refractivity contribution in [3.05, 3.63) is 37.0 Å². The zero-order chi connectivity index (χ0) is 32.2. The van der Waals surface area contributed by atoms with Gasteiger partial charge in [-0.15, -0.1) is 19.4 Å². The van der Waals surface area contributed by atoms with Crippen molar-refractivity contribution >= 4 is 17.8 Å². The lowest BCUT2D eigenvalue weighted by Gasteiger charge is -2.19. The van der Waals surface area contributed by atoms with Crippen LogP contribution in [0, 0.1) is 18.8 Å². The molecule has 1 heterocycles. The number of ether oxygens (including phenoxy) is 2. The molecule has 0 spiro atoms. The van der Waals surface area contributed by atoms with Crippen molar-refractivity contribution in [1.82, 2.24) is 4.90 Å². The van der Waals surface area contributed by atoms with E-state index >= 15 is 0 Å². The average molecular weight is 567 g/mol. The van der Waals surface area contributed by atoms with Crippen LogP contribution in [0.3, 0.4) is 0 Å². The quantitative estimate of drug-likeness (QED) is 0.137. The number of amides is 2.